The van der Waals surface area contributed by atoms with Crippen LogP contribution < -0.4 is 0 Å². The highest BCUT2D eigenvalue weighted by Gasteiger charge is 2.65. The highest BCUT2D eigenvalue weighted by Crippen LogP contribution is 2.39. The summed E-state index contributed by atoms with van der Waals surface area (Å²) in [5.74, 6) is -1.87. The van der Waals surface area contributed by atoms with E-state index in [1.807, 2.05) is 0 Å². The van der Waals surface area contributed by atoms with Crippen LogP contribution in [0.25, 0.3) is 0 Å². The summed E-state index contributed by atoms with van der Waals surface area (Å²) in [7, 11) is 0. The zero-order valence-corrected chi connectivity index (χ0v) is 15.8. The molecule has 3 rings (SSSR count). The number of esters is 1. The number of aryl methyl sites for hydroxylation is 1. The van der Waals surface area contributed by atoms with E-state index in [1.165, 1.54) is 6.92 Å². The van der Waals surface area contributed by atoms with Gasteiger partial charge in [0.2, 0.25) is 5.90 Å². The topological polar surface area (TPSA) is 63.5 Å². The smallest absolute Gasteiger partial charge is 0.446 e. The van der Waals surface area contributed by atoms with Crippen molar-refractivity contribution in [1.29, 1.82) is 0 Å². The van der Waals surface area contributed by atoms with Gasteiger partial charge < -0.3 is 14.4 Å². The zero-order chi connectivity index (χ0) is 20.4. The van der Waals surface area contributed by atoms with Crippen LogP contribution in [0, 0.1) is 6.92 Å². The molecule has 1 aromatic carbocycles. The Balaban J connectivity index is 2.14. The first-order chi connectivity index (χ1) is 13.3. The molecule has 1 aromatic rings. The van der Waals surface area contributed by atoms with E-state index >= 15 is 0 Å². The van der Waals surface area contributed by atoms with Crippen LogP contribution in [0.1, 0.15) is 37.3 Å². The number of rotatable bonds is 3. The standard InChI is InChI=1S/C19H22F3N3O3/c1-3-27-16(26)18(19(20,21)22)23-15(14-9-7-8-13(2)12-14)28-17(24-18)25-10-5-4-6-11-25/h7-9,12H,3-6,10-11H2,1-2H3. The number of ether oxygens (including phenoxy) is 2. The number of alkyl halides is 3. The highest BCUT2D eigenvalue weighted by atomic mass is 19.4. The lowest BCUT2D eigenvalue weighted by atomic mass is 10.1. The number of hydrogen-bond donors (Lipinski definition) is 0. The van der Waals surface area contributed by atoms with Gasteiger partial charge in [-0.15, -0.1) is 0 Å². The molecule has 2 aliphatic rings. The first-order valence-electron chi connectivity index (χ1n) is 9.20. The van der Waals surface area contributed by atoms with Crippen molar-refractivity contribution in [1.82, 2.24) is 4.90 Å². The van der Waals surface area contributed by atoms with E-state index in [1.54, 1.807) is 36.1 Å². The molecule has 1 fully saturated rings. The molecule has 1 unspecified atom stereocenters. The monoisotopic (exact) mass is 397 g/mol. The number of carbonyl (C=O) groups is 1. The van der Waals surface area contributed by atoms with Gasteiger partial charge in [0.05, 0.1) is 6.61 Å². The summed E-state index contributed by atoms with van der Waals surface area (Å²) in [5.41, 5.74) is -2.23. The maximum absolute atomic E-state index is 14.1. The van der Waals surface area contributed by atoms with E-state index in [2.05, 4.69) is 9.98 Å². The van der Waals surface area contributed by atoms with Gasteiger partial charge in [-0.25, -0.2) is 4.79 Å². The first-order valence-corrected chi connectivity index (χ1v) is 9.20. The van der Waals surface area contributed by atoms with Crippen LogP contribution >= 0.6 is 0 Å². The van der Waals surface area contributed by atoms with Gasteiger partial charge in [-0.05, 0) is 45.2 Å². The molecule has 0 N–H and O–H groups in total. The summed E-state index contributed by atoms with van der Waals surface area (Å²) in [4.78, 5) is 21.3. The number of benzene rings is 1. The number of nitrogens with zero attached hydrogens (tertiary/aromatic N) is 3. The largest absolute Gasteiger partial charge is 0.462 e. The summed E-state index contributed by atoms with van der Waals surface area (Å²) >= 11 is 0. The Kier molecular flexibility index (Phi) is 5.62. The fraction of sp³-hybridized carbons (Fsp3) is 0.526. The summed E-state index contributed by atoms with van der Waals surface area (Å²) in [5, 5.41) is 0. The lowest BCUT2D eigenvalue weighted by Gasteiger charge is -2.35. The highest BCUT2D eigenvalue weighted by molar-refractivity contribution is 6.05. The predicted molar refractivity (Wildman–Crippen MR) is 97.1 cm³/mol. The maximum Gasteiger partial charge on any atom is 0.446 e. The van der Waals surface area contributed by atoms with Crippen LogP contribution in [-0.4, -0.2) is 54.3 Å². The number of aliphatic imine (C=N–C) groups is 2. The SMILES string of the molecule is CCOC(=O)C1(C(F)(F)F)N=C(c2cccc(C)c2)OC(N2CCCCC2)=N1. The molecule has 0 aliphatic carbocycles. The molecule has 1 atom stereocenters. The van der Waals surface area contributed by atoms with E-state index < -0.39 is 17.8 Å². The van der Waals surface area contributed by atoms with Crippen LogP contribution in [0.5, 0.6) is 0 Å². The molecule has 0 amide bonds. The van der Waals surface area contributed by atoms with Crippen molar-refractivity contribution < 1.29 is 27.4 Å². The summed E-state index contributed by atoms with van der Waals surface area (Å²) < 4.78 is 52.6. The Bertz CT molecular complexity index is 801. The lowest BCUT2D eigenvalue weighted by Crippen LogP contribution is -2.55. The maximum atomic E-state index is 14.1. The third-order valence-corrected chi connectivity index (χ3v) is 4.56. The molecular weight excluding hydrogens is 375 g/mol. The normalized spacial score (nSPS) is 22.8. The zero-order valence-electron chi connectivity index (χ0n) is 15.8. The third-order valence-electron chi connectivity index (χ3n) is 4.56. The molecular formula is C19H22F3N3O3. The van der Waals surface area contributed by atoms with Gasteiger partial charge in [0.25, 0.3) is 6.02 Å². The van der Waals surface area contributed by atoms with E-state index in [4.69, 9.17) is 9.47 Å². The average Bonchev–Trinajstić information content (AvgIpc) is 2.67. The number of piperidine rings is 1. The second kappa shape index (κ2) is 7.81. The van der Waals surface area contributed by atoms with Gasteiger partial charge in [0.1, 0.15) is 0 Å². The minimum Gasteiger partial charge on any atom is -0.462 e. The molecule has 0 radical (unpaired) electrons. The average molecular weight is 397 g/mol. The van der Waals surface area contributed by atoms with Gasteiger partial charge in [-0.2, -0.15) is 23.2 Å². The quantitative estimate of drug-likeness (QED) is 0.733. The minimum absolute atomic E-state index is 0.221. The van der Waals surface area contributed by atoms with Gasteiger partial charge in [-0.3, -0.25) is 0 Å². The molecule has 0 aromatic heterocycles. The Labute approximate surface area is 161 Å². The van der Waals surface area contributed by atoms with Crippen molar-refractivity contribution in [2.75, 3.05) is 19.7 Å². The van der Waals surface area contributed by atoms with Crippen molar-refractivity contribution in [3.63, 3.8) is 0 Å². The second-order valence-corrected chi connectivity index (χ2v) is 6.72. The number of hydrogen-bond acceptors (Lipinski definition) is 6. The van der Waals surface area contributed by atoms with Crippen LogP contribution in [0.3, 0.4) is 0 Å². The summed E-state index contributed by atoms with van der Waals surface area (Å²) in [6, 6.07) is 6.45. The summed E-state index contributed by atoms with van der Waals surface area (Å²) in [6.07, 6.45) is -2.50. The van der Waals surface area contributed by atoms with Gasteiger partial charge >= 0.3 is 17.8 Å². The molecule has 28 heavy (non-hydrogen) atoms. The number of carbonyl (C=O) groups excluding carboxylic acids is 1. The molecule has 1 saturated heterocycles. The molecule has 152 valence electrons. The van der Waals surface area contributed by atoms with Crippen molar-refractivity contribution >= 4 is 17.9 Å². The van der Waals surface area contributed by atoms with Crippen molar-refractivity contribution in [2.24, 2.45) is 9.98 Å². The molecule has 0 bridgehead atoms. The number of amidine groups is 1. The van der Waals surface area contributed by atoms with Crippen molar-refractivity contribution in [3.05, 3.63) is 35.4 Å². The fourth-order valence-corrected chi connectivity index (χ4v) is 3.13. The van der Waals surface area contributed by atoms with Crippen molar-refractivity contribution in [3.8, 4) is 0 Å². The van der Waals surface area contributed by atoms with E-state index in [9.17, 15) is 18.0 Å². The van der Waals surface area contributed by atoms with E-state index in [0.717, 1.165) is 24.8 Å². The Hall–Kier alpha value is -2.58. The molecule has 2 aliphatic heterocycles. The van der Waals surface area contributed by atoms with E-state index in [0.29, 0.717) is 18.7 Å². The Morgan fingerprint density at radius 2 is 1.96 bits per heavy atom. The lowest BCUT2D eigenvalue weighted by molar-refractivity contribution is -0.204. The number of likely N-dealkylation sites (tertiary alicyclic amines) is 1. The molecule has 0 spiro atoms. The van der Waals surface area contributed by atoms with Gasteiger partial charge in [0.15, 0.2) is 0 Å². The molecule has 9 heteroatoms. The Morgan fingerprint density at radius 3 is 2.57 bits per heavy atom. The van der Waals surface area contributed by atoms with Gasteiger partial charge in [-0.1, -0.05) is 17.7 Å². The van der Waals surface area contributed by atoms with Gasteiger partial charge in [0, 0.05) is 18.7 Å². The molecule has 2 heterocycles. The van der Waals surface area contributed by atoms with Crippen LogP contribution in [0.15, 0.2) is 34.3 Å². The van der Waals surface area contributed by atoms with Crippen LogP contribution in [0.2, 0.25) is 0 Å². The minimum atomic E-state index is -5.08. The summed E-state index contributed by atoms with van der Waals surface area (Å²) in [6.45, 7) is 4.01. The molecule has 6 nitrogen and oxygen atoms in total. The Morgan fingerprint density at radius 1 is 1.25 bits per heavy atom. The van der Waals surface area contributed by atoms with Crippen LogP contribution in [0.4, 0.5) is 13.2 Å². The third kappa shape index (κ3) is 3.83. The van der Waals surface area contributed by atoms with E-state index in [-0.39, 0.29) is 18.5 Å². The number of halogens is 3. The van der Waals surface area contributed by atoms with Crippen LogP contribution in [-0.2, 0) is 14.3 Å². The van der Waals surface area contributed by atoms with Crippen molar-refractivity contribution in [2.45, 2.75) is 44.9 Å². The molecule has 0 saturated carbocycles. The first kappa shape index (κ1) is 20.2. The second-order valence-electron chi connectivity index (χ2n) is 6.72. The predicted octanol–water partition coefficient (Wildman–Crippen LogP) is 3.44. The fourth-order valence-electron chi connectivity index (χ4n) is 3.13.